The van der Waals surface area contributed by atoms with Gasteiger partial charge in [-0.1, -0.05) is 26.3 Å². The summed E-state index contributed by atoms with van der Waals surface area (Å²) >= 11 is 0. The highest BCUT2D eigenvalue weighted by Gasteiger charge is 2.32. The van der Waals surface area contributed by atoms with Crippen molar-refractivity contribution >= 4 is 5.97 Å². The molecule has 0 fully saturated rings. The van der Waals surface area contributed by atoms with Crippen LogP contribution in [0.5, 0.6) is 0 Å². The van der Waals surface area contributed by atoms with Gasteiger partial charge < -0.3 is 4.74 Å². The lowest BCUT2D eigenvalue weighted by Crippen LogP contribution is -2.36. The van der Waals surface area contributed by atoms with Gasteiger partial charge in [-0.2, -0.15) is 0 Å². The largest absolute Gasteiger partial charge is 0.459 e. The molecule has 0 bridgehead atoms. The molecule has 2 atom stereocenters. The summed E-state index contributed by atoms with van der Waals surface area (Å²) in [5, 5.41) is 0. The summed E-state index contributed by atoms with van der Waals surface area (Å²) in [6.07, 6.45) is 7.06. The Labute approximate surface area is 119 Å². The van der Waals surface area contributed by atoms with Crippen LogP contribution in [-0.2, 0) is 9.53 Å². The molecule has 0 saturated heterocycles. The van der Waals surface area contributed by atoms with Gasteiger partial charge in [-0.3, -0.25) is 4.79 Å². The van der Waals surface area contributed by atoms with E-state index < -0.39 is 5.41 Å². The molecular weight excluding hydrogens is 236 g/mol. The van der Waals surface area contributed by atoms with Crippen LogP contribution in [0.2, 0.25) is 0 Å². The Bertz CT molecular complexity index is 288. The Kier molecular flexibility index (Phi) is 7.39. The van der Waals surface area contributed by atoms with E-state index in [0.29, 0.717) is 5.92 Å². The van der Waals surface area contributed by atoms with Gasteiger partial charge in [0.15, 0.2) is 0 Å². The third kappa shape index (κ3) is 6.79. The number of esters is 1. The zero-order chi connectivity index (χ0) is 15.1. The molecule has 0 aliphatic rings. The molecule has 19 heavy (non-hydrogen) atoms. The Morgan fingerprint density at radius 2 is 1.84 bits per heavy atom. The average molecular weight is 268 g/mol. The van der Waals surface area contributed by atoms with Crippen LogP contribution in [0, 0.1) is 11.3 Å². The first kappa shape index (κ1) is 18.2. The summed E-state index contributed by atoms with van der Waals surface area (Å²) in [6.45, 7) is 15.9. The van der Waals surface area contributed by atoms with E-state index in [0.717, 1.165) is 32.1 Å². The number of allylic oxidation sites excluding steroid dienone is 1. The highest BCUT2D eigenvalue weighted by atomic mass is 16.6. The molecule has 0 aromatic carbocycles. The molecular formula is C17H32O2. The summed E-state index contributed by atoms with van der Waals surface area (Å²) in [7, 11) is 0. The molecule has 0 aromatic heterocycles. The maximum absolute atomic E-state index is 12.0. The summed E-state index contributed by atoms with van der Waals surface area (Å²) in [5.74, 6) is 0.547. The van der Waals surface area contributed by atoms with Crippen LogP contribution in [-0.4, -0.2) is 11.6 Å². The first-order chi connectivity index (χ1) is 8.68. The Morgan fingerprint density at radius 3 is 2.21 bits per heavy atom. The molecule has 0 rings (SSSR count). The van der Waals surface area contributed by atoms with Crippen LogP contribution in [0.1, 0.15) is 73.6 Å². The van der Waals surface area contributed by atoms with Crippen molar-refractivity contribution in [2.24, 2.45) is 11.3 Å². The molecule has 0 spiro atoms. The van der Waals surface area contributed by atoms with Crippen molar-refractivity contribution in [1.82, 2.24) is 0 Å². The van der Waals surface area contributed by atoms with E-state index in [-0.39, 0.29) is 11.6 Å². The predicted octanol–water partition coefficient (Wildman–Crippen LogP) is 5.13. The lowest BCUT2D eigenvalue weighted by molar-refractivity contribution is -0.169. The minimum atomic E-state index is -0.429. The van der Waals surface area contributed by atoms with E-state index in [1.54, 1.807) is 0 Å². The molecule has 0 amide bonds. The van der Waals surface area contributed by atoms with Crippen molar-refractivity contribution in [3.05, 3.63) is 12.7 Å². The Morgan fingerprint density at radius 1 is 1.26 bits per heavy atom. The van der Waals surface area contributed by atoms with Crippen LogP contribution in [0.25, 0.3) is 0 Å². The highest BCUT2D eigenvalue weighted by Crippen LogP contribution is 2.29. The number of rotatable bonds is 8. The molecule has 0 aromatic rings. The number of ether oxygens (including phenoxy) is 1. The fourth-order valence-corrected chi connectivity index (χ4v) is 1.91. The molecule has 0 radical (unpaired) electrons. The van der Waals surface area contributed by atoms with E-state index in [2.05, 4.69) is 27.4 Å². The lowest BCUT2D eigenvalue weighted by atomic mass is 9.88. The maximum atomic E-state index is 12.0. The maximum Gasteiger partial charge on any atom is 0.311 e. The topological polar surface area (TPSA) is 26.3 Å². The molecule has 2 nitrogen and oxygen atoms in total. The van der Waals surface area contributed by atoms with Gasteiger partial charge in [0, 0.05) is 0 Å². The molecule has 0 aliphatic carbocycles. The fourth-order valence-electron chi connectivity index (χ4n) is 1.91. The highest BCUT2D eigenvalue weighted by molar-refractivity contribution is 5.75. The minimum absolute atomic E-state index is 0.103. The second kappa shape index (κ2) is 7.72. The quantitative estimate of drug-likeness (QED) is 0.451. The smallest absolute Gasteiger partial charge is 0.311 e. The minimum Gasteiger partial charge on any atom is -0.459 e. The fraction of sp³-hybridized carbons (Fsp3) is 0.824. The first-order valence-corrected chi connectivity index (χ1v) is 7.52. The van der Waals surface area contributed by atoms with Gasteiger partial charge in [0.05, 0.1) is 5.41 Å². The van der Waals surface area contributed by atoms with Crippen molar-refractivity contribution in [2.75, 3.05) is 0 Å². The molecule has 0 saturated carbocycles. The molecule has 2 heteroatoms. The van der Waals surface area contributed by atoms with Crippen LogP contribution >= 0.6 is 0 Å². The van der Waals surface area contributed by atoms with E-state index in [4.69, 9.17) is 4.74 Å². The third-order valence-electron chi connectivity index (χ3n) is 3.86. The zero-order valence-electron chi connectivity index (χ0n) is 13.7. The second-order valence-electron chi connectivity index (χ2n) is 6.78. The zero-order valence-corrected chi connectivity index (χ0v) is 13.7. The van der Waals surface area contributed by atoms with Crippen LogP contribution < -0.4 is 0 Å². The SMILES string of the molecule is C=CCC(CC)CCC(C)(CC)OC(=O)C(C)(C)C. The van der Waals surface area contributed by atoms with Gasteiger partial charge in [-0.05, 0) is 59.3 Å². The van der Waals surface area contributed by atoms with Crippen molar-refractivity contribution in [3.8, 4) is 0 Å². The Balaban J connectivity index is 4.52. The summed E-state index contributed by atoms with van der Waals surface area (Å²) in [6, 6.07) is 0. The van der Waals surface area contributed by atoms with Gasteiger partial charge in [0.25, 0.3) is 0 Å². The van der Waals surface area contributed by atoms with Crippen molar-refractivity contribution in [1.29, 1.82) is 0 Å². The van der Waals surface area contributed by atoms with Gasteiger partial charge in [0.1, 0.15) is 5.60 Å². The first-order valence-electron chi connectivity index (χ1n) is 7.52. The third-order valence-corrected chi connectivity index (χ3v) is 3.86. The lowest BCUT2D eigenvalue weighted by Gasteiger charge is -2.32. The predicted molar refractivity (Wildman–Crippen MR) is 82.1 cm³/mol. The Hall–Kier alpha value is -0.790. The molecule has 2 unspecified atom stereocenters. The van der Waals surface area contributed by atoms with E-state index in [1.165, 1.54) is 0 Å². The second-order valence-corrected chi connectivity index (χ2v) is 6.78. The summed E-state index contributed by atoms with van der Waals surface area (Å²) in [5.41, 5.74) is -0.763. The van der Waals surface area contributed by atoms with Gasteiger partial charge in [-0.15, -0.1) is 6.58 Å². The molecule has 0 N–H and O–H groups in total. The number of hydrogen-bond acceptors (Lipinski definition) is 2. The van der Waals surface area contributed by atoms with Crippen molar-refractivity contribution < 1.29 is 9.53 Å². The van der Waals surface area contributed by atoms with Gasteiger partial charge >= 0.3 is 5.97 Å². The number of hydrogen-bond donors (Lipinski definition) is 0. The number of carbonyl (C=O) groups is 1. The van der Waals surface area contributed by atoms with Crippen LogP contribution in [0.4, 0.5) is 0 Å². The van der Waals surface area contributed by atoms with E-state index in [1.807, 2.05) is 26.8 Å². The normalized spacial score (nSPS) is 16.5. The monoisotopic (exact) mass is 268 g/mol. The van der Waals surface area contributed by atoms with Crippen molar-refractivity contribution in [3.63, 3.8) is 0 Å². The van der Waals surface area contributed by atoms with Crippen molar-refractivity contribution in [2.45, 2.75) is 79.2 Å². The summed E-state index contributed by atoms with van der Waals surface area (Å²) < 4.78 is 5.76. The molecule has 0 aliphatic heterocycles. The molecule has 112 valence electrons. The van der Waals surface area contributed by atoms with Crippen LogP contribution in [0.3, 0.4) is 0 Å². The average Bonchev–Trinajstić information content (AvgIpc) is 2.33. The molecule has 0 heterocycles. The van der Waals surface area contributed by atoms with E-state index in [9.17, 15) is 4.79 Å². The van der Waals surface area contributed by atoms with E-state index >= 15 is 0 Å². The van der Waals surface area contributed by atoms with Gasteiger partial charge in [0.2, 0.25) is 0 Å². The van der Waals surface area contributed by atoms with Crippen LogP contribution in [0.15, 0.2) is 12.7 Å². The standard InChI is InChI=1S/C17H32O2/c1-8-11-14(9-2)12-13-17(7,10-3)19-15(18)16(4,5)6/h8,14H,1,9-13H2,2-7H3. The van der Waals surface area contributed by atoms with Gasteiger partial charge in [-0.25, -0.2) is 0 Å². The number of carbonyl (C=O) groups excluding carboxylic acids is 1. The summed E-state index contributed by atoms with van der Waals surface area (Å²) in [4.78, 5) is 12.0.